The van der Waals surface area contributed by atoms with Gasteiger partial charge in [-0.25, -0.2) is 0 Å². The van der Waals surface area contributed by atoms with Crippen molar-refractivity contribution in [3.8, 4) is 0 Å². The minimum Gasteiger partial charge on any atom is -0.511 e. The lowest BCUT2D eigenvalue weighted by Gasteiger charge is -2.37. The van der Waals surface area contributed by atoms with Gasteiger partial charge < -0.3 is 25.1 Å². The smallest absolute Gasteiger partial charge is 0.303 e. The first-order valence-corrected chi connectivity index (χ1v) is 21.9. The Bertz CT molecular complexity index is 2280. The van der Waals surface area contributed by atoms with Gasteiger partial charge in [0.05, 0.1) is 27.6 Å². The number of anilines is 2. The maximum absolute atomic E-state index is 12.0. The van der Waals surface area contributed by atoms with Crippen LogP contribution < -0.4 is 9.80 Å². The lowest BCUT2D eigenvalue weighted by molar-refractivity contribution is -0.137. The summed E-state index contributed by atoms with van der Waals surface area (Å²) in [6.07, 6.45) is 4.17. The molecule has 0 saturated heterocycles. The fourth-order valence-electron chi connectivity index (χ4n) is 7.59. The van der Waals surface area contributed by atoms with Crippen LogP contribution in [-0.4, -0.2) is 85.1 Å². The Kier molecular flexibility index (Phi) is 11.3. The van der Waals surface area contributed by atoms with E-state index in [0.717, 1.165) is 0 Å². The van der Waals surface area contributed by atoms with Crippen molar-refractivity contribution in [3.63, 3.8) is 0 Å². The first-order valence-electron chi connectivity index (χ1n) is 17.4. The first kappa shape index (κ1) is 41.4. The number of fused-ring (bicyclic) bond motifs is 2. The van der Waals surface area contributed by atoms with E-state index in [1.807, 2.05) is 37.5 Å². The molecular weight excluding hydrogens is 765 g/mol. The molecule has 0 radical (unpaired) electrons. The monoisotopic (exact) mass is 810 g/mol. The van der Waals surface area contributed by atoms with Crippen LogP contribution in [0.5, 0.6) is 0 Å². The molecule has 0 aromatic heterocycles. The molecule has 5 rings (SSSR count). The number of rotatable bonds is 15. The van der Waals surface area contributed by atoms with Crippen LogP contribution in [0, 0.1) is 5.92 Å². The molecule has 1 aliphatic carbocycles. The molecule has 54 heavy (non-hydrogen) atoms. The van der Waals surface area contributed by atoms with Gasteiger partial charge in [0, 0.05) is 58.7 Å². The van der Waals surface area contributed by atoms with Crippen molar-refractivity contribution in [2.24, 2.45) is 5.92 Å². The first-order chi connectivity index (χ1) is 24.9. The van der Waals surface area contributed by atoms with Gasteiger partial charge in [0.1, 0.15) is 5.76 Å². The maximum atomic E-state index is 12.0. The number of aliphatic hydroxyl groups is 2. The van der Waals surface area contributed by atoms with Gasteiger partial charge >= 0.3 is 5.97 Å². The zero-order valence-corrected chi connectivity index (χ0v) is 32.7. The van der Waals surface area contributed by atoms with Crippen LogP contribution in [0.1, 0.15) is 77.3 Å². The van der Waals surface area contributed by atoms with E-state index in [2.05, 4.69) is 0 Å². The number of carboxylic acid groups (broad SMARTS) is 1. The van der Waals surface area contributed by atoms with Gasteiger partial charge in [0.2, 0.25) is 0 Å². The van der Waals surface area contributed by atoms with Crippen LogP contribution >= 0.6 is 0 Å². The highest BCUT2D eigenvalue weighted by molar-refractivity contribution is 7.86. The summed E-state index contributed by atoms with van der Waals surface area (Å²) in [5.74, 6) is -2.42. The van der Waals surface area contributed by atoms with Crippen LogP contribution in [0.4, 0.5) is 11.4 Å². The second-order valence-electron chi connectivity index (χ2n) is 15.0. The fourth-order valence-corrected chi connectivity index (χ4v) is 9.17. The fraction of sp³-hybridized carbons (Fsp3) is 0.472. The summed E-state index contributed by atoms with van der Waals surface area (Å²) in [5.41, 5.74) is 1.99. The molecule has 2 aliphatic heterocycles. The Labute approximate surface area is 315 Å². The van der Waals surface area contributed by atoms with E-state index in [1.54, 1.807) is 18.2 Å². The van der Waals surface area contributed by atoms with Crippen molar-refractivity contribution in [2.45, 2.75) is 92.9 Å². The number of nitrogens with zero attached hydrogens (tertiary/aromatic N) is 2. The highest BCUT2D eigenvalue weighted by Gasteiger charge is 2.47. The summed E-state index contributed by atoms with van der Waals surface area (Å²) in [5, 5.41) is 32.2. The summed E-state index contributed by atoms with van der Waals surface area (Å²) >= 11 is 0. The Morgan fingerprint density at radius 2 is 1.22 bits per heavy atom. The van der Waals surface area contributed by atoms with Crippen molar-refractivity contribution in [1.82, 2.24) is 0 Å². The van der Waals surface area contributed by atoms with Crippen molar-refractivity contribution in [1.29, 1.82) is 0 Å². The molecule has 15 nitrogen and oxygen atoms in total. The van der Waals surface area contributed by atoms with Crippen LogP contribution in [-0.2, 0) is 46.0 Å². The second kappa shape index (κ2) is 14.7. The number of benzene rings is 2. The van der Waals surface area contributed by atoms with E-state index in [1.165, 1.54) is 30.3 Å². The Hall–Kier alpha value is -3.78. The molecule has 2 atom stereocenters. The molecule has 0 bridgehead atoms. The third kappa shape index (κ3) is 8.24. The highest BCUT2D eigenvalue weighted by Crippen LogP contribution is 2.52. The number of hydrogen-bond donors (Lipinski definition) is 6. The summed E-state index contributed by atoms with van der Waals surface area (Å²) in [6, 6.07) is 8.38. The summed E-state index contributed by atoms with van der Waals surface area (Å²) in [7, 11) is -13.3. The largest absolute Gasteiger partial charge is 0.511 e. The number of hydrogen-bond acceptors (Lipinski definition) is 11. The zero-order chi connectivity index (χ0) is 40.2. The average Bonchev–Trinajstić information content (AvgIpc) is 3.40. The number of aliphatic carboxylic acids is 1. The number of aliphatic hydroxyl groups excluding tert-OH is 2. The third-order valence-electron chi connectivity index (χ3n) is 10.5. The Morgan fingerprint density at radius 1 is 0.741 bits per heavy atom. The normalized spacial score (nSPS) is 22.1. The van der Waals surface area contributed by atoms with E-state index < -0.39 is 64.9 Å². The van der Waals surface area contributed by atoms with Crippen LogP contribution in [0.25, 0.3) is 0 Å². The van der Waals surface area contributed by atoms with E-state index in [9.17, 15) is 53.9 Å². The molecule has 0 spiro atoms. The van der Waals surface area contributed by atoms with Gasteiger partial charge in [0.25, 0.3) is 30.4 Å². The third-order valence-corrected chi connectivity index (χ3v) is 13.0. The van der Waals surface area contributed by atoms with Crippen LogP contribution in [0.2, 0.25) is 0 Å². The molecule has 18 heteroatoms. The lowest BCUT2D eigenvalue weighted by atomic mass is 9.75. The van der Waals surface area contributed by atoms with Gasteiger partial charge in [-0.15, -0.1) is 0 Å². The minimum absolute atomic E-state index is 0.0118. The zero-order valence-electron chi connectivity index (χ0n) is 30.3. The molecule has 6 N–H and O–H groups in total. The van der Waals surface area contributed by atoms with Crippen molar-refractivity contribution in [2.75, 3.05) is 28.6 Å². The summed E-state index contributed by atoms with van der Waals surface area (Å²) in [4.78, 5) is 14.2. The van der Waals surface area contributed by atoms with Crippen molar-refractivity contribution in [3.05, 3.63) is 82.4 Å². The average molecular weight is 811 g/mol. The SMILES string of the molecule is CC1(C)/C(=C\C2=C(O)C(/C=C3/N(CCCCS(=O)(=O)O)c4ccc(S(=O)(=O)O)cc4C3(C)C)C2O)N(CCCCCC(=O)O)c2ccc(S(=O)(=O)O)cc21. The van der Waals surface area contributed by atoms with E-state index in [4.69, 9.17) is 5.11 Å². The van der Waals surface area contributed by atoms with Gasteiger partial charge in [0.15, 0.2) is 0 Å². The maximum Gasteiger partial charge on any atom is 0.303 e. The number of unbranched alkanes of at least 4 members (excludes halogenated alkanes) is 3. The minimum atomic E-state index is -4.55. The second-order valence-corrected chi connectivity index (χ2v) is 19.4. The number of allylic oxidation sites excluding steroid dienone is 2. The molecule has 0 amide bonds. The van der Waals surface area contributed by atoms with Gasteiger partial charge in [-0.05, 0) is 79.3 Å². The predicted molar refractivity (Wildman–Crippen MR) is 200 cm³/mol. The molecule has 296 valence electrons. The predicted octanol–water partition coefficient (Wildman–Crippen LogP) is 4.96. The Balaban J connectivity index is 1.53. The summed E-state index contributed by atoms with van der Waals surface area (Å²) < 4.78 is 99.6. The molecule has 0 saturated carbocycles. The van der Waals surface area contributed by atoms with Gasteiger partial charge in [-0.2, -0.15) is 25.3 Å². The van der Waals surface area contributed by atoms with E-state index in [0.29, 0.717) is 66.1 Å². The lowest BCUT2D eigenvalue weighted by Crippen LogP contribution is -2.38. The Morgan fingerprint density at radius 3 is 1.69 bits per heavy atom. The molecular formula is C36H46N2O13S3. The quantitative estimate of drug-likeness (QED) is 0.103. The molecule has 2 heterocycles. The number of carboxylic acids is 1. The van der Waals surface area contributed by atoms with E-state index >= 15 is 0 Å². The van der Waals surface area contributed by atoms with Crippen LogP contribution in [0.15, 0.2) is 81.1 Å². The highest BCUT2D eigenvalue weighted by atomic mass is 32.2. The summed E-state index contributed by atoms with van der Waals surface area (Å²) in [6.45, 7) is 7.97. The number of carbonyl (C=O) groups is 1. The molecule has 3 aliphatic rings. The molecule has 2 unspecified atom stereocenters. The standard InChI is InChI=1S/C36H46N2O13S3/c1-35(2)26-18-22(53(46,47)48)11-13-28(26)37(15-7-5-6-10-32(39)40)30(35)20-24-33(41)25(34(24)42)21-31-36(3,4)27-19-23(54(49,50)51)12-14-29(27)38(31)16-8-9-17-52(43,44)45/h11-14,18-21,25,33,41-42H,5-10,15-17H2,1-4H3,(H,39,40)(H,43,44,45)(H,46,47,48)(H,49,50,51)/b30-20+,31-21+. The van der Waals surface area contributed by atoms with Gasteiger partial charge in [-0.1, -0.05) is 40.2 Å². The molecule has 2 aromatic carbocycles. The van der Waals surface area contributed by atoms with Crippen molar-refractivity contribution >= 4 is 47.7 Å². The van der Waals surface area contributed by atoms with Crippen LogP contribution in [0.3, 0.4) is 0 Å². The van der Waals surface area contributed by atoms with E-state index in [-0.39, 0.29) is 40.5 Å². The molecule has 0 fully saturated rings. The topological polar surface area (TPSA) is 247 Å². The van der Waals surface area contributed by atoms with Gasteiger partial charge in [-0.3, -0.25) is 18.5 Å². The van der Waals surface area contributed by atoms with Crippen molar-refractivity contribution < 1.29 is 59.0 Å². The molecule has 2 aromatic rings.